The van der Waals surface area contributed by atoms with E-state index in [1.54, 1.807) is 0 Å². The second-order valence-corrected chi connectivity index (χ2v) is 5.72. The monoisotopic (exact) mass is 237 g/mol. The fourth-order valence-corrected chi connectivity index (χ4v) is 3.20. The van der Waals surface area contributed by atoms with Crippen LogP contribution in [0.2, 0.25) is 5.02 Å². The molecule has 1 aromatic rings. The molecule has 1 nitrogen and oxygen atoms in total. The molecule has 0 saturated heterocycles. The molecular formula is C14H20ClN. The molecule has 1 aliphatic rings. The van der Waals surface area contributed by atoms with Crippen LogP contribution < -0.4 is 5.73 Å². The maximum atomic E-state index is 6.63. The van der Waals surface area contributed by atoms with Crippen molar-refractivity contribution in [3.63, 3.8) is 0 Å². The van der Waals surface area contributed by atoms with Crippen molar-refractivity contribution < 1.29 is 0 Å². The number of hydrogen-bond donors (Lipinski definition) is 1. The molecule has 3 unspecified atom stereocenters. The first-order valence-electron chi connectivity index (χ1n) is 6.08. The van der Waals surface area contributed by atoms with Gasteiger partial charge in [0.1, 0.15) is 0 Å². The smallest absolute Gasteiger partial charge is 0.0456 e. The Hall–Kier alpha value is -0.530. The molecule has 2 rings (SSSR count). The lowest BCUT2D eigenvalue weighted by Gasteiger charge is -2.43. The Morgan fingerprint density at radius 2 is 1.94 bits per heavy atom. The van der Waals surface area contributed by atoms with Crippen molar-refractivity contribution in [2.75, 3.05) is 0 Å². The molecule has 1 fully saturated rings. The molecule has 0 amide bonds. The standard InChI is InChI=1S/C14H20ClN/c1-10-7-8-11(2)14(16,9-10)12-5-3-4-6-13(12)15/h3-6,10-11H,7-9,16H2,1-2H3. The first-order chi connectivity index (χ1) is 7.54. The molecule has 0 spiro atoms. The lowest BCUT2D eigenvalue weighted by Crippen LogP contribution is -2.47. The van der Waals surface area contributed by atoms with Gasteiger partial charge in [-0.2, -0.15) is 0 Å². The number of halogens is 1. The summed E-state index contributed by atoms with van der Waals surface area (Å²) in [5.41, 5.74) is 7.51. The maximum absolute atomic E-state index is 6.63. The summed E-state index contributed by atoms with van der Waals surface area (Å²) in [5, 5.41) is 0.811. The highest BCUT2D eigenvalue weighted by atomic mass is 35.5. The van der Waals surface area contributed by atoms with Gasteiger partial charge < -0.3 is 5.73 Å². The van der Waals surface area contributed by atoms with Crippen LogP contribution in [0, 0.1) is 11.8 Å². The van der Waals surface area contributed by atoms with Gasteiger partial charge in [-0.25, -0.2) is 0 Å². The second-order valence-electron chi connectivity index (χ2n) is 5.31. The van der Waals surface area contributed by atoms with Crippen LogP contribution >= 0.6 is 11.6 Å². The average molecular weight is 238 g/mol. The highest BCUT2D eigenvalue weighted by molar-refractivity contribution is 6.31. The Morgan fingerprint density at radius 1 is 1.25 bits per heavy atom. The molecule has 0 aliphatic heterocycles. The molecule has 1 aliphatic carbocycles. The summed E-state index contributed by atoms with van der Waals surface area (Å²) in [6.45, 7) is 4.53. The molecule has 3 atom stereocenters. The molecule has 1 saturated carbocycles. The van der Waals surface area contributed by atoms with Crippen LogP contribution in [0.5, 0.6) is 0 Å². The van der Waals surface area contributed by atoms with Crippen LogP contribution in [-0.4, -0.2) is 0 Å². The molecule has 0 bridgehead atoms. The van der Waals surface area contributed by atoms with Crippen LogP contribution in [0.1, 0.15) is 38.7 Å². The number of nitrogens with two attached hydrogens (primary N) is 1. The molecule has 0 aromatic heterocycles. The Bertz CT molecular complexity index is 377. The van der Waals surface area contributed by atoms with Crippen molar-refractivity contribution in [2.45, 2.75) is 38.6 Å². The summed E-state index contributed by atoms with van der Waals surface area (Å²) in [5.74, 6) is 1.20. The van der Waals surface area contributed by atoms with E-state index >= 15 is 0 Å². The van der Waals surface area contributed by atoms with Crippen molar-refractivity contribution in [1.82, 2.24) is 0 Å². The minimum absolute atomic E-state index is 0.240. The quantitative estimate of drug-likeness (QED) is 0.787. The maximum Gasteiger partial charge on any atom is 0.0456 e. The summed E-state index contributed by atoms with van der Waals surface area (Å²) in [7, 11) is 0. The first kappa shape index (κ1) is 11.9. The number of rotatable bonds is 1. The van der Waals surface area contributed by atoms with Gasteiger partial charge in [0.05, 0.1) is 0 Å². The van der Waals surface area contributed by atoms with E-state index in [4.69, 9.17) is 17.3 Å². The van der Waals surface area contributed by atoms with Gasteiger partial charge in [0.15, 0.2) is 0 Å². The van der Waals surface area contributed by atoms with Gasteiger partial charge in [0.2, 0.25) is 0 Å². The number of hydrogen-bond acceptors (Lipinski definition) is 1. The third kappa shape index (κ3) is 1.99. The Labute approximate surface area is 103 Å². The molecule has 2 heteroatoms. The van der Waals surface area contributed by atoms with Crippen LogP contribution in [-0.2, 0) is 5.54 Å². The van der Waals surface area contributed by atoms with E-state index in [-0.39, 0.29) is 5.54 Å². The molecule has 16 heavy (non-hydrogen) atoms. The van der Waals surface area contributed by atoms with E-state index in [1.165, 1.54) is 12.8 Å². The molecule has 2 N–H and O–H groups in total. The zero-order valence-corrected chi connectivity index (χ0v) is 10.8. The lowest BCUT2D eigenvalue weighted by molar-refractivity contribution is 0.162. The van der Waals surface area contributed by atoms with Gasteiger partial charge in [-0.3, -0.25) is 0 Å². The van der Waals surface area contributed by atoms with Crippen molar-refractivity contribution in [3.8, 4) is 0 Å². The Kier molecular flexibility index (Phi) is 3.27. The minimum atomic E-state index is -0.240. The first-order valence-corrected chi connectivity index (χ1v) is 6.45. The zero-order valence-electron chi connectivity index (χ0n) is 10.0. The van der Waals surface area contributed by atoms with Crippen LogP contribution in [0.3, 0.4) is 0 Å². The summed E-state index contributed by atoms with van der Waals surface area (Å²) < 4.78 is 0. The van der Waals surface area contributed by atoms with Gasteiger partial charge in [-0.15, -0.1) is 0 Å². The fourth-order valence-electron chi connectivity index (χ4n) is 2.89. The SMILES string of the molecule is CC1CCC(C)C(N)(c2ccccc2Cl)C1. The van der Waals surface area contributed by atoms with E-state index < -0.39 is 0 Å². The zero-order chi connectivity index (χ0) is 11.8. The predicted octanol–water partition coefficient (Wildman–Crippen LogP) is 3.95. The largest absolute Gasteiger partial charge is 0.321 e. The summed E-state index contributed by atoms with van der Waals surface area (Å²) in [6.07, 6.45) is 3.52. The Morgan fingerprint density at radius 3 is 2.62 bits per heavy atom. The van der Waals surface area contributed by atoms with Crippen LogP contribution in [0.25, 0.3) is 0 Å². The van der Waals surface area contributed by atoms with Gasteiger partial charge in [-0.1, -0.05) is 50.1 Å². The van der Waals surface area contributed by atoms with Gasteiger partial charge in [0, 0.05) is 10.6 Å². The summed E-state index contributed by atoms with van der Waals surface area (Å²) >= 11 is 6.28. The van der Waals surface area contributed by atoms with E-state index in [2.05, 4.69) is 19.9 Å². The fraction of sp³-hybridized carbons (Fsp3) is 0.571. The molecule has 0 heterocycles. The predicted molar refractivity (Wildman–Crippen MR) is 69.5 cm³/mol. The van der Waals surface area contributed by atoms with Crippen LogP contribution in [0.15, 0.2) is 24.3 Å². The lowest BCUT2D eigenvalue weighted by atomic mass is 9.67. The van der Waals surface area contributed by atoms with E-state index in [9.17, 15) is 0 Å². The van der Waals surface area contributed by atoms with Crippen molar-refractivity contribution >= 4 is 11.6 Å². The topological polar surface area (TPSA) is 26.0 Å². The third-order valence-electron chi connectivity index (χ3n) is 4.03. The number of benzene rings is 1. The van der Waals surface area contributed by atoms with Crippen molar-refractivity contribution in [1.29, 1.82) is 0 Å². The molecule has 88 valence electrons. The van der Waals surface area contributed by atoms with Crippen molar-refractivity contribution in [2.24, 2.45) is 17.6 Å². The molecule has 1 aromatic carbocycles. The highest BCUT2D eigenvalue weighted by Crippen LogP contribution is 2.43. The molecular weight excluding hydrogens is 218 g/mol. The van der Waals surface area contributed by atoms with Gasteiger partial charge in [0.25, 0.3) is 0 Å². The highest BCUT2D eigenvalue weighted by Gasteiger charge is 2.39. The second kappa shape index (κ2) is 4.38. The normalized spacial score (nSPS) is 35.0. The van der Waals surface area contributed by atoms with Gasteiger partial charge in [-0.05, 0) is 36.3 Å². The molecule has 0 radical (unpaired) electrons. The summed E-state index contributed by atoms with van der Waals surface area (Å²) in [6, 6.07) is 8.02. The third-order valence-corrected chi connectivity index (χ3v) is 4.36. The average Bonchev–Trinajstić information content (AvgIpc) is 2.24. The summed E-state index contributed by atoms with van der Waals surface area (Å²) in [4.78, 5) is 0. The van der Waals surface area contributed by atoms with Crippen molar-refractivity contribution in [3.05, 3.63) is 34.9 Å². The van der Waals surface area contributed by atoms with E-state index in [1.807, 2.05) is 18.2 Å². The van der Waals surface area contributed by atoms with Crippen LogP contribution in [0.4, 0.5) is 0 Å². The van der Waals surface area contributed by atoms with E-state index in [0.29, 0.717) is 11.8 Å². The van der Waals surface area contributed by atoms with Gasteiger partial charge >= 0.3 is 0 Å². The Balaban J connectivity index is 2.40. The minimum Gasteiger partial charge on any atom is -0.321 e. The van der Waals surface area contributed by atoms with E-state index in [0.717, 1.165) is 17.0 Å².